The molecule has 0 spiro atoms. The molecule has 5 aromatic rings. The van der Waals surface area contributed by atoms with E-state index in [0.29, 0.717) is 29.8 Å². The number of H-pyrrole nitrogens is 1. The van der Waals surface area contributed by atoms with Crippen LogP contribution in [0.15, 0.2) is 95.0 Å². The number of carbonyl (C=O) groups excluding carboxylic acids is 1. The predicted octanol–water partition coefficient (Wildman–Crippen LogP) is 5.18. The molecule has 1 amide bonds. The van der Waals surface area contributed by atoms with Crippen LogP contribution in [0.1, 0.15) is 13.8 Å². The summed E-state index contributed by atoms with van der Waals surface area (Å²) in [5, 5.41) is 13.3. The van der Waals surface area contributed by atoms with Gasteiger partial charge in [0.05, 0.1) is 16.3 Å². The molecule has 5 rings (SSSR count). The molecule has 0 saturated heterocycles. The molecule has 11 heteroatoms. The molecule has 0 aliphatic carbocycles. The van der Waals surface area contributed by atoms with Crippen LogP contribution in [-0.2, 0) is 14.8 Å². The van der Waals surface area contributed by atoms with E-state index >= 15 is 0 Å². The first kappa shape index (κ1) is 26.7. The van der Waals surface area contributed by atoms with E-state index in [1.54, 1.807) is 26.0 Å². The average molecular weight is 561 g/mol. The van der Waals surface area contributed by atoms with Gasteiger partial charge in [-0.05, 0) is 48.5 Å². The predicted molar refractivity (Wildman–Crippen MR) is 155 cm³/mol. The smallest absolute Gasteiger partial charge is 0.243 e. The minimum atomic E-state index is -3.56. The van der Waals surface area contributed by atoms with Gasteiger partial charge >= 0.3 is 0 Å². The third kappa shape index (κ3) is 5.60. The van der Waals surface area contributed by atoms with Crippen LogP contribution in [0.2, 0.25) is 0 Å². The van der Waals surface area contributed by atoms with Crippen molar-refractivity contribution in [2.24, 2.45) is 0 Å². The van der Waals surface area contributed by atoms with E-state index in [0.717, 1.165) is 22.3 Å². The molecule has 0 aliphatic rings. The molecule has 0 atom stereocenters. The molecule has 0 saturated carbocycles. The van der Waals surface area contributed by atoms with Crippen LogP contribution in [-0.4, -0.2) is 57.2 Å². The highest BCUT2D eigenvalue weighted by Gasteiger charge is 2.22. The molecule has 3 aromatic carbocycles. The highest BCUT2D eigenvalue weighted by Crippen LogP contribution is 2.29. The fraction of sp³-hybridized carbons (Fsp3) is 0.179. The number of hydrogen-bond donors (Lipinski definition) is 2. The van der Waals surface area contributed by atoms with Crippen LogP contribution in [0, 0.1) is 0 Å². The molecular weight excluding hydrogens is 532 g/mol. The van der Waals surface area contributed by atoms with Crippen LogP contribution in [0.25, 0.3) is 28.1 Å². The quantitative estimate of drug-likeness (QED) is 0.228. The summed E-state index contributed by atoms with van der Waals surface area (Å²) in [6.07, 6.45) is 0. The number of sulfonamides is 1. The zero-order valence-corrected chi connectivity index (χ0v) is 23.2. The number of para-hydroxylation sites is 2. The van der Waals surface area contributed by atoms with Crippen LogP contribution in [0.3, 0.4) is 0 Å². The largest absolute Gasteiger partial charge is 0.352 e. The van der Waals surface area contributed by atoms with E-state index < -0.39 is 10.0 Å². The van der Waals surface area contributed by atoms with Gasteiger partial charge in [-0.2, -0.15) is 4.31 Å². The van der Waals surface area contributed by atoms with Crippen molar-refractivity contribution >= 4 is 44.3 Å². The first-order valence-electron chi connectivity index (χ1n) is 12.5. The molecule has 0 bridgehead atoms. The standard InChI is InChI=1S/C28H28N6O3S2/c1-3-33(4-2)39(36,37)23-16-14-21(15-17-23)29-26(35)19-38-28-32-31-27(34(28)22-11-6-5-7-12-22)25-18-20-10-8-9-13-24(20)30-25/h5-18,30H,3-4,19H2,1-2H3,(H,29,35). The fourth-order valence-electron chi connectivity index (χ4n) is 4.29. The van der Waals surface area contributed by atoms with Crippen LogP contribution in [0.4, 0.5) is 5.69 Å². The van der Waals surface area contributed by atoms with Gasteiger partial charge in [0, 0.05) is 35.4 Å². The van der Waals surface area contributed by atoms with E-state index in [-0.39, 0.29) is 16.6 Å². The molecule has 0 radical (unpaired) electrons. The van der Waals surface area contributed by atoms with E-state index in [9.17, 15) is 13.2 Å². The normalized spacial score (nSPS) is 11.8. The number of amides is 1. The topological polar surface area (TPSA) is 113 Å². The van der Waals surface area contributed by atoms with Crippen molar-refractivity contribution in [1.82, 2.24) is 24.1 Å². The van der Waals surface area contributed by atoms with Crippen LogP contribution < -0.4 is 5.32 Å². The van der Waals surface area contributed by atoms with Gasteiger partial charge in [0.25, 0.3) is 0 Å². The van der Waals surface area contributed by atoms with Crippen LogP contribution in [0.5, 0.6) is 0 Å². The Labute approximate surface area is 231 Å². The third-order valence-electron chi connectivity index (χ3n) is 6.23. The number of thioether (sulfide) groups is 1. The maximum atomic E-state index is 12.8. The Morgan fingerprint density at radius 1 is 0.949 bits per heavy atom. The Hall–Kier alpha value is -3.93. The number of aromatic nitrogens is 4. The summed E-state index contributed by atoms with van der Waals surface area (Å²) in [7, 11) is -3.56. The molecule has 9 nitrogen and oxygen atoms in total. The first-order valence-corrected chi connectivity index (χ1v) is 14.9. The van der Waals surface area contributed by atoms with Crippen molar-refractivity contribution in [2.75, 3.05) is 24.2 Å². The second-order valence-electron chi connectivity index (χ2n) is 8.70. The number of benzene rings is 3. The monoisotopic (exact) mass is 560 g/mol. The molecule has 2 heterocycles. The Bertz CT molecular complexity index is 1660. The molecular formula is C28H28N6O3S2. The highest BCUT2D eigenvalue weighted by molar-refractivity contribution is 7.99. The average Bonchev–Trinajstić information content (AvgIpc) is 3.57. The summed E-state index contributed by atoms with van der Waals surface area (Å²) < 4.78 is 28.7. The lowest BCUT2D eigenvalue weighted by Gasteiger charge is -2.18. The third-order valence-corrected chi connectivity index (χ3v) is 9.23. The van der Waals surface area contributed by atoms with Crippen LogP contribution >= 0.6 is 11.8 Å². The van der Waals surface area contributed by atoms with Crippen molar-refractivity contribution in [3.8, 4) is 17.2 Å². The summed E-state index contributed by atoms with van der Waals surface area (Å²) in [6, 6.07) is 26.0. The summed E-state index contributed by atoms with van der Waals surface area (Å²) in [5.74, 6) is 0.497. The SMILES string of the molecule is CCN(CC)S(=O)(=O)c1ccc(NC(=O)CSc2nnc(-c3cc4ccccc4[nH]3)n2-c2ccccc2)cc1. The van der Waals surface area contributed by atoms with Gasteiger partial charge in [-0.1, -0.05) is 62.0 Å². The van der Waals surface area contributed by atoms with E-state index in [4.69, 9.17) is 0 Å². The lowest BCUT2D eigenvalue weighted by molar-refractivity contribution is -0.113. The molecule has 0 fully saturated rings. The zero-order chi connectivity index (χ0) is 27.4. The second kappa shape index (κ2) is 11.4. The minimum Gasteiger partial charge on any atom is -0.352 e. The van der Waals surface area contributed by atoms with Gasteiger partial charge in [-0.3, -0.25) is 9.36 Å². The number of aromatic amines is 1. The summed E-state index contributed by atoms with van der Waals surface area (Å²) >= 11 is 1.27. The van der Waals surface area contributed by atoms with Gasteiger partial charge in [-0.25, -0.2) is 8.42 Å². The van der Waals surface area contributed by atoms with Gasteiger partial charge in [0.1, 0.15) is 0 Å². The van der Waals surface area contributed by atoms with Gasteiger partial charge in [0.2, 0.25) is 15.9 Å². The Kier molecular flexibility index (Phi) is 7.82. The summed E-state index contributed by atoms with van der Waals surface area (Å²) in [5.41, 5.74) is 3.22. The number of nitrogens with zero attached hydrogens (tertiary/aromatic N) is 4. The Morgan fingerprint density at radius 2 is 1.64 bits per heavy atom. The summed E-state index contributed by atoms with van der Waals surface area (Å²) in [6.45, 7) is 4.39. The van der Waals surface area contributed by atoms with Crippen molar-refractivity contribution in [2.45, 2.75) is 23.9 Å². The maximum absolute atomic E-state index is 12.8. The maximum Gasteiger partial charge on any atom is 0.243 e. The second-order valence-corrected chi connectivity index (χ2v) is 11.6. The number of nitrogens with one attached hydrogen (secondary N) is 2. The Balaban J connectivity index is 1.33. The molecule has 2 aromatic heterocycles. The lowest BCUT2D eigenvalue weighted by Crippen LogP contribution is -2.30. The van der Waals surface area contributed by atoms with Gasteiger partial charge in [0.15, 0.2) is 11.0 Å². The molecule has 0 unspecified atom stereocenters. The number of carbonyl (C=O) groups is 1. The fourth-order valence-corrected chi connectivity index (χ4v) is 6.50. The number of rotatable bonds is 10. The zero-order valence-electron chi connectivity index (χ0n) is 21.5. The molecule has 39 heavy (non-hydrogen) atoms. The van der Waals surface area contributed by atoms with E-state index in [2.05, 4.69) is 20.5 Å². The molecule has 2 N–H and O–H groups in total. The van der Waals surface area contributed by atoms with Crippen molar-refractivity contribution in [1.29, 1.82) is 0 Å². The van der Waals surface area contributed by atoms with E-state index in [1.807, 2.05) is 65.2 Å². The van der Waals surface area contributed by atoms with Gasteiger partial charge < -0.3 is 10.3 Å². The highest BCUT2D eigenvalue weighted by atomic mass is 32.2. The Morgan fingerprint density at radius 3 is 2.33 bits per heavy atom. The van der Waals surface area contributed by atoms with E-state index in [1.165, 1.54) is 28.2 Å². The van der Waals surface area contributed by atoms with Crippen molar-refractivity contribution in [3.63, 3.8) is 0 Å². The number of fused-ring (bicyclic) bond motifs is 1. The molecule has 200 valence electrons. The first-order chi connectivity index (χ1) is 18.9. The summed E-state index contributed by atoms with van der Waals surface area (Å²) in [4.78, 5) is 16.4. The van der Waals surface area contributed by atoms with Crippen molar-refractivity contribution in [3.05, 3.63) is 84.9 Å². The van der Waals surface area contributed by atoms with Crippen molar-refractivity contribution < 1.29 is 13.2 Å². The number of anilines is 1. The lowest BCUT2D eigenvalue weighted by atomic mass is 10.2. The van der Waals surface area contributed by atoms with Gasteiger partial charge in [-0.15, -0.1) is 10.2 Å². The molecule has 0 aliphatic heterocycles. The number of hydrogen-bond acceptors (Lipinski definition) is 6. The minimum absolute atomic E-state index is 0.0944.